The van der Waals surface area contributed by atoms with Gasteiger partial charge in [0.2, 0.25) is 0 Å². The molecule has 8 heteroatoms. The number of halogens is 1. The number of carbonyl (C=O) groups excluding carboxylic acids is 1. The van der Waals surface area contributed by atoms with Gasteiger partial charge in [0.25, 0.3) is 5.91 Å². The smallest absolute Gasteiger partial charge is 0.271 e. The summed E-state index contributed by atoms with van der Waals surface area (Å²) in [6.07, 6.45) is 4.20. The number of carbonyl (C=O) groups is 1. The Bertz CT molecular complexity index is 1050. The number of hydrogen-bond acceptors (Lipinski definition) is 5. The molecule has 1 amide bonds. The highest BCUT2D eigenvalue weighted by molar-refractivity contribution is 7.15. The Kier molecular flexibility index (Phi) is 4.32. The van der Waals surface area contributed by atoms with Gasteiger partial charge in [-0.1, -0.05) is 0 Å². The molecule has 4 heterocycles. The summed E-state index contributed by atoms with van der Waals surface area (Å²) in [5.41, 5.74) is 1.93. The lowest BCUT2D eigenvalue weighted by molar-refractivity contribution is 0.0565. The monoisotopic (exact) mass is 400 g/mol. The zero-order valence-electron chi connectivity index (χ0n) is 15.6. The summed E-state index contributed by atoms with van der Waals surface area (Å²) in [4.78, 5) is 22.9. The molecule has 2 aromatic heterocycles. The van der Waals surface area contributed by atoms with Crippen LogP contribution in [-0.2, 0) is 0 Å². The zero-order chi connectivity index (χ0) is 19.3. The molecule has 2 fully saturated rings. The molecular formula is C20H21FN4O2S. The van der Waals surface area contributed by atoms with Crippen molar-refractivity contribution >= 4 is 22.2 Å². The summed E-state index contributed by atoms with van der Waals surface area (Å²) in [5, 5.41) is 1.87. The van der Waals surface area contributed by atoms with Gasteiger partial charge in [0.15, 0.2) is 16.5 Å². The van der Waals surface area contributed by atoms with Crippen LogP contribution in [-0.4, -0.2) is 64.4 Å². The molecule has 0 saturated carbocycles. The van der Waals surface area contributed by atoms with Crippen molar-refractivity contribution in [2.75, 3.05) is 33.3 Å². The van der Waals surface area contributed by atoms with Crippen LogP contribution in [0.4, 0.5) is 4.39 Å². The van der Waals surface area contributed by atoms with Gasteiger partial charge in [-0.15, -0.1) is 11.3 Å². The van der Waals surface area contributed by atoms with Gasteiger partial charge in [0, 0.05) is 42.8 Å². The first-order chi connectivity index (χ1) is 13.6. The van der Waals surface area contributed by atoms with Crippen LogP contribution >= 0.6 is 11.3 Å². The average molecular weight is 400 g/mol. The molecule has 0 aliphatic carbocycles. The normalized spacial score (nSPS) is 19.9. The molecule has 146 valence electrons. The van der Waals surface area contributed by atoms with E-state index in [2.05, 4.69) is 9.88 Å². The SMILES string of the molecule is COc1ccc(-c2cn3c(C(=O)N4CCN5CCCC5C4)csc3n2)cc1F. The first-order valence-corrected chi connectivity index (χ1v) is 10.4. The van der Waals surface area contributed by atoms with Crippen LogP contribution in [0.1, 0.15) is 23.3 Å². The predicted octanol–water partition coefficient (Wildman–Crippen LogP) is 3.13. The van der Waals surface area contributed by atoms with Gasteiger partial charge in [0.1, 0.15) is 5.69 Å². The maximum absolute atomic E-state index is 14.1. The third kappa shape index (κ3) is 2.87. The largest absolute Gasteiger partial charge is 0.494 e. The standard InChI is InChI=1S/C20H21FN4O2S/c1-27-18-5-4-13(9-15(18)21)16-11-25-17(12-28-20(25)22-16)19(26)24-8-7-23-6-2-3-14(23)10-24/h4-5,9,11-12,14H,2-3,6-8,10H2,1H3. The Morgan fingerprint density at radius 2 is 2.21 bits per heavy atom. The Morgan fingerprint density at radius 3 is 3.04 bits per heavy atom. The summed E-state index contributed by atoms with van der Waals surface area (Å²) >= 11 is 1.43. The number of methoxy groups -OCH3 is 1. The van der Waals surface area contributed by atoms with Gasteiger partial charge < -0.3 is 9.64 Å². The van der Waals surface area contributed by atoms with Gasteiger partial charge in [0.05, 0.1) is 12.8 Å². The van der Waals surface area contributed by atoms with Crippen molar-refractivity contribution in [1.82, 2.24) is 19.2 Å². The molecule has 2 aliphatic heterocycles. The first-order valence-electron chi connectivity index (χ1n) is 9.48. The van der Waals surface area contributed by atoms with E-state index in [0.29, 0.717) is 23.0 Å². The fourth-order valence-electron chi connectivity index (χ4n) is 4.24. The van der Waals surface area contributed by atoms with E-state index in [4.69, 9.17) is 4.74 Å². The Labute approximate surface area is 166 Å². The molecule has 1 aromatic carbocycles. The number of amides is 1. The van der Waals surface area contributed by atoms with Gasteiger partial charge in [-0.3, -0.25) is 14.1 Å². The molecule has 28 heavy (non-hydrogen) atoms. The summed E-state index contributed by atoms with van der Waals surface area (Å²) in [6, 6.07) is 5.26. The molecule has 1 atom stereocenters. The topological polar surface area (TPSA) is 50.1 Å². The first kappa shape index (κ1) is 17.6. The highest BCUT2D eigenvalue weighted by atomic mass is 32.1. The lowest BCUT2D eigenvalue weighted by Gasteiger charge is -2.37. The highest BCUT2D eigenvalue weighted by Crippen LogP contribution is 2.28. The molecule has 2 aliphatic rings. The minimum Gasteiger partial charge on any atom is -0.494 e. The fourth-order valence-corrected chi connectivity index (χ4v) is 5.09. The van der Waals surface area contributed by atoms with Crippen LogP contribution < -0.4 is 4.74 Å². The number of aromatic nitrogens is 2. The molecule has 5 rings (SSSR count). The predicted molar refractivity (Wildman–Crippen MR) is 106 cm³/mol. The van der Waals surface area contributed by atoms with Gasteiger partial charge in [-0.25, -0.2) is 9.37 Å². The second-order valence-electron chi connectivity index (χ2n) is 7.33. The molecule has 6 nitrogen and oxygen atoms in total. The summed E-state index contributed by atoms with van der Waals surface area (Å²) in [7, 11) is 1.44. The summed E-state index contributed by atoms with van der Waals surface area (Å²) in [6.45, 7) is 3.65. The van der Waals surface area contributed by atoms with E-state index in [9.17, 15) is 9.18 Å². The molecular weight excluding hydrogens is 379 g/mol. The van der Waals surface area contributed by atoms with E-state index < -0.39 is 5.82 Å². The number of nitrogens with zero attached hydrogens (tertiary/aromatic N) is 4. The maximum atomic E-state index is 14.1. The van der Waals surface area contributed by atoms with Crippen molar-refractivity contribution in [2.24, 2.45) is 0 Å². The number of thiazole rings is 1. The molecule has 0 spiro atoms. The third-order valence-electron chi connectivity index (χ3n) is 5.75. The van der Waals surface area contributed by atoms with Gasteiger partial charge in [-0.05, 0) is 37.6 Å². The van der Waals surface area contributed by atoms with Crippen LogP contribution in [0.5, 0.6) is 5.75 Å². The average Bonchev–Trinajstić information content (AvgIpc) is 3.42. The second kappa shape index (κ2) is 6.86. The second-order valence-corrected chi connectivity index (χ2v) is 8.17. The number of rotatable bonds is 3. The van der Waals surface area contributed by atoms with Gasteiger partial charge >= 0.3 is 0 Å². The number of benzene rings is 1. The van der Waals surface area contributed by atoms with Crippen LogP contribution in [0.25, 0.3) is 16.2 Å². The maximum Gasteiger partial charge on any atom is 0.271 e. The van der Waals surface area contributed by atoms with Crippen molar-refractivity contribution in [2.45, 2.75) is 18.9 Å². The fraction of sp³-hybridized carbons (Fsp3) is 0.400. The van der Waals surface area contributed by atoms with E-state index in [1.807, 2.05) is 20.9 Å². The van der Waals surface area contributed by atoms with Crippen LogP contribution in [0.2, 0.25) is 0 Å². The molecule has 2 saturated heterocycles. The minimum atomic E-state index is -0.429. The van der Waals surface area contributed by atoms with E-state index in [1.165, 1.54) is 37.4 Å². The Morgan fingerprint density at radius 1 is 1.32 bits per heavy atom. The molecule has 0 bridgehead atoms. The quantitative estimate of drug-likeness (QED) is 0.678. The van der Waals surface area contributed by atoms with Crippen molar-refractivity contribution in [3.05, 3.63) is 41.3 Å². The minimum absolute atomic E-state index is 0.0441. The van der Waals surface area contributed by atoms with Crippen LogP contribution in [0.15, 0.2) is 29.8 Å². The van der Waals surface area contributed by atoms with Crippen LogP contribution in [0, 0.1) is 5.82 Å². The van der Waals surface area contributed by atoms with E-state index in [1.54, 1.807) is 12.1 Å². The molecule has 0 radical (unpaired) electrons. The summed E-state index contributed by atoms with van der Waals surface area (Å²) in [5.74, 6) is -0.184. The lowest BCUT2D eigenvalue weighted by Crippen LogP contribution is -2.52. The summed E-state index contributed by atoms with van der Waals surface area (Å²) < 4.78 is 20.9. The van der Waals surface area contributed by atoms with E-state index >= 15 is 0 Å². The highest BCUT2D eigenvalue weighted by Gasteiger charge is 2.33. The molecule has 1 unspecified atom stereocenters. The Hall–Kier alpha value is -2.45. The number of hydrogen-bond donors (Lipinski definition) is 0. The van der Waals surface area contributed by atoms with Crippen molar-refractivity contribution < 1.29 is 13.9 Å². The number of piperazine rings is 1. The number of imidazole rings is 1. The van der Waals surface area contributed by atoms with Crippen molar-refractivity contribution in [3.8, 4) is 17.0 Å². The molecule has 3 aromatic rings. The lowest BCUT2D eigenvalue weighted by atomic mass is 10.1. The van der Waals surface area contributed by atoms with Crippen molar-refractivity contribution in [3.63, 3.8) is 0 Å². The zero-order valence-corrected chi connectivity index (χ0v) is 16.4. The van der Waals surface area contributed by atoms with E-state index in [0.717, 1.165) is 31.1 Å². The van der Waals surface area contributed by atoms with Crippen molar-refractivity contribution in [1.29, 1.82) is 0 Å². The third-order valence-corrected chi connectivity index (χ3v) is 6.59. The Balaban J connectivity index is 1.43. The van der Waals surface area contributed by atoms with E-state index in [-0.39, 0.29) is 11.7 Å². The number of fused-ring (bicyclic) bond motifs is 2. The van der Waals surface area contributed by atoms with Gasteiger partial charge in [-0.2, -0.15) is 0 Å². The number of ether oxygens (including phenoxy) is 1. The molecule has 0 N–H and O–H groups in total. The van der Waals surface area contributed by atoms with Crippen LogP contribution in [0.3, 0.4) is 0 Å².